The number of anilines is 3. The molecule has 0 saturated heterocycles. The Labute approximate surface area is 246 Å². The highest BCUT2D eigenvalue weighted by Gasteiger charge is 2.20. The summed E-state index contributed by atoms with van der Waals surface area (Å²) in [5.74, 6) is -1.74. The molecule has 0 aliphatic carbocycles. The topological polar surface area (TPSA) is 228 Å². The minimum Gasteiger partial charge on any atom is -0.487 e. The first-order valence-corrected chi connectivity index (χ1v) is 14.1. The van der Waals surface area contributed by atoms with Gasteiger partial charge in [-0.3, -0.25) is 9.52 Å². The number of halogens is 1. The highest BCUT2D eigenvalue weighted by molar-refractivity contribution is 7.90. The van der Waals surface area contributed by atoms with Crippen molar-refractivity contribution in [2.24, 2.45) is 16.0 Å². The minimum absolute atomic E-state index is 0.0389. The zero-order valence-electron chi connectivity index (χ0n) is 22.4. The second-order valence-electron chi connectivity index (χ2n) is 9.02. The molecule has 42 heavy (non-hydrogen) atoms. The van der Waals surface area contributed by atoms with E-state index in [0.717, 1.165) is 0 Å². The molecule has 0 radical (unpaired) electrons. The van der Waals surface area contributed by atoms with Crippen LogP contribution in [0.1, 0.15) is 35.3 Å². The number of carbonyl (C=O) groups is 2. The van der Waals surface area contributed by atoms with Gasteiger partial charge in [0.05, 0.1) is 17.4 Å². The summed E-state index contributed by atoms with van der Waals surface area (Å²) in [4.78, 5) is 24.5. The Morgan fingerprint density at radius 1 is 1.07 bits per heavy atom. The summed E-state index contributed by atoms with van der Waals surface area (Å²) in [7, 11) is -4.16. The van der Waals surface area contributed by atoms with Crippen LogP contribution in [0.5, 0.6) is 11.5 Å². The van der Waals surface area contributed by atoms with Crippen LogP contribution in [-0.2, 0) is 21.5 Å². The summed E-state index contributed by atoms with van der Waals surface area (Å²) in [5.41, 5.74) is 7.27. The van der Waals surface area contributed by atoms with E-state index in [1.165, 1.54) is 18.2 Å². The highest BCUT2D eigenvalue weighted by atomic mass is 35.5. The third-order valence-electron chi connectivity index (χ3n) is 5.34. The summed E-state index contributed by atoms with van der Waals surface area (Å²) < 4.78 is 36.9. The van der Waals surface area contributed by atoms with Gasteiger partial charge >= 0.3 is 5.97 Å². The van der Waals surface area contributed by atoms with Crippen molar-refractivity contribution in [3.05, 3.63) is 76.3 Å². The summed E-state index contributed by atoms with van der Waals surface area (Å²) in [6.07, 6.45) is -0.379. The third kappa shape index (κ3) is 9.15. The van der Waals surface area contributed by atoms with Crippen LogP contribution < -0.4 is 35.7 Å². The number of carboxylic acids is 1. The number of hydrogen-bond acceptors (Lipinski definition) is 9. The lowest BCUT2D eigenvalue weighted by Gasteiger charge is -2.20. The van der Waals surface area contributed by atoms with Crippen LogP contribution >= 0.6 is 11.6 Å². The number of nitrogens with one attached hydrogen (secondary N) is 3. The van der Waals surface area contributed by atoms with Gasteiger partial charge in [-0.15, -0.1) is 0 Å². The first-order valence-electron chi connectivity index (χ1n) is 12.2. The lowest BCUT2D eigenvalue weighted by atomic mass is 10.1. The molecule has 3 aromatic rings. The van der Waals surface area contributed by atoms with Crippen molar-refractivity contribution in [3.63, 3.8) is 0 Å². The van der Waals surface area contributed by atoms with Gasteiger partial charge in [0, 0.05) is 40.1 Å². The van der Waals surface area contributed by atoms with E-state index in [-0.39, 0.29) is 46.3 Å². The Kier molecular flexibility index (Phi) is 10.4. The number of amidine groups is 1. The predicted octanol–water partition coefficient (Wildman–Crippen LogP) is 3.16. The van der Waals surface area contributed by atoms with E-state index in [4.69, 9.17) is 37.2 Å². The molecule has 0 atom stereocenters. The first kappa shape index (κ1) is 31.8. The first-order chi connectivity index (χ1) is 19.8. The number of hydrogen-bond donors (Lipinski definition) is 7. The summed E-state index contributed by atoms with van der Waals surface area (Å²) in [6, 6.07) is 13.5. The van der Waals surface area contributed by atoms with Crippen molar-refractivity contribution in [1.29, 1.82) is 0 Å². The van der Waals surface area contributed by atoms with E-state index in [2.05, 4.69) is 20.5 Å². The van der Waals surface area contributed by atoms with Crippen molar-refractivity contribution < 1.29 is 37.8 Å². The lowest BCUT2D eigenvalue weighted by molar-refractivity contribution is -0.139. The van der Waals surface area contributed by atoms with Gasteiger partial charge in [-0.05, 0) is 62.4 Å². The number of oxime groups is 1. The maximum atomic E-state index is 13.2. The molecular weight excluding hydrogens is 592 g/mol. The molecule has 0 saturated carbocycles. The molecule has 0 aromatic heterocycles. The van der Waals surface area contributed by atoms with Gasteiger partial charge in [-0.2, -0.15) is 8.42 Å². The van der Waals surface area contributed by atoms with Gasteiger partial charge in [0.2, 0.25) is 0 Å². The van der Waals surface area contributed by atoms with Gasteiger partial charge in [0.15, 0.2) is 23.9 Å². The molecule has 3 rings (SSSR count). The number of carboxylic acid groups (broad SMARTS) is 1. The van der Waals surface area contributed by atoms with Crippen molar-refractivity contribution >= 4 is 56.6 Å². The molecule has 16 heteroatoms. The molecule has 0 unspecified atom stereocenters. The van der Waals surface area contributed by atoms with Crippen LogP contribution in [-0.4, -0.2) is 49.2 Å². The van der Waals surface area contributed by atoms with Gasteiger partial charge in [-0.25, -0.2) is 9.93 Å². The molecule has 224 valence electrons. The molecule has 0 aliphatic rings. The van der Waals surface area contributed by atoms with Crippen LogP contribution in [0.4, 0.5) is 17.1 Å². The molecule has 0 heterocycles. The molecule has 9 N–H and O–H groups in total. The second kappa shape index (κ2) is 13.8. The Bertz CT molecular complexity index is 1600. The van der Waals surface area contributed by atoms with Crippen LogP contribution in [0, 0.1) is 0 Å². The lowest BCUT2D eigenvalue weighted by Crippen LogP contribution is -2.22. The number of nitrogens with two attached hydrogens (primary N) is 2. The summed E-state index contributed by atoms with van der Waals surface area (Å²) >= 11 is 6.17. The van der Waals surface area contributed by atoms with Gasteiger partial charge in [0.25, 0.3) is 16.1 Å². The van der Waals surface area contributed by atoms with Gasteiger partial charge < -0.3 is 36.2 Å². The van der Waals surface area contributed by atoms with Gasteiger partial charge in [0.1, 0.15) is 0 Å². The Morgan fingerprint density at radius 2 is 1.76 bits per heavy atom. The molecule has 0 fully saturated rings. The zero-order chi connectivity index (χ0) is 31.0. The van der Waals surface area contributed by atoms with Crippen molar-refractivity contribution in [3.8, 4) is 11.5 Å². The maximum absolute atomic E-state index is 13.2. The fraction of sp³-hybridized carbons (Fsp3) is 0.192. The number of rotatable bonds is 13. The predicted molar refractivity (Wildman–Crippen MR) is 158 cm³/mol. The standard InChI is InChI=1S/C26H29ClN6O8S/c1-14(2)41-22-11-19(33-42(29,38)39)9-16(24(22)40-13-23(34)35)12-30-21-8-5-17(27)10-20(21)26(36)31-18-6-3-15(4-7-18)25(28)32-37/h3-11,14,30,33,37H,12-13H2,1-2H3,(H2,28,32)(H,31,36)(H,34,35)(H2,29,38,39). The second-order valence-corrected chi connectivity index (χ2v) is 10.7. The zero-order valence-corrected chi connectivity index (χ0v) is 24.0. The van der Waals surface area contributed by atoms with E-state index in [9.17, 15) is 23.1 Å². The monoisotopic (exact) mass is 620 g/mol. The van der Waals surface area contributed by atoms with E-state index in [0.29, 0.717) is 22.5 Å². The molecule has 14 nitrogen and oxygen atoms in total. The molecule has 0 spiro atoms. The van der Waals surface area contributed by atoms with E-state index in [1.807, 2.05) is 0 Å². The summed E-state index contributed by atoms with van der Waals surface area (Å²) in [5, 5.41) is 32.2. The third-order valence-corrected chi connectivity index (χ3v) is 6.09. The van der Waals surface area contributed by atoms with Crippen molar-refractivity contribution in [2.75, 3.05) is 22.0 Å². The fourth-order valence-electron chi connectivity index (χ4n) is 3.68. The van der Waals surface area contributed by atoms with Crippen LogP contribution in [0.2, 0.25) is 5.02 Å². The molecular formula is C26H29ClN6O8S. The van der Waals surface area contributed by atoms with Crippen LogP contribution in [0.25, 0.3) is 0 Å². The smallest absolute Gasteiger partial charge is 0.341 e. The average Bonchev–Trinajstić information content (AvgIpc) is 2.90. The Hall–Kier alpha value is -4.73. The number of aliphatic carboxylic acids is 1. The number of benzene rings is 3. The Balaban J connectivity index is 1.95. The Morgan fingerprint density at radius 3 is 2.36 bits per heavy atom. The SMILES string of the molecule is CC(C)Oc1cc(NS(N)(=O)=O)cc(CNc2ccc(Cl)cc2C(=O)Nc2ccc(/C(N)=N/O)cc2)c1OCC(=O)O. The van der Waals surface area contributed by atoms with E-state index >= 15 is 0 Å². The van der Waals surface area contributed by atoms with Gasteiger partial charge in [-0.1, -0.05) is 16.8 Å². The molecule has 1 amide bonds. The van der Waals surface area contributed by atoms with E-state index < -0.39 is 28.7 Å². The number of nitrogens with zero attached hydrogens (tertiary/aromatic N) is 1. The van der Waals surface area contributed by atoms with Crippen molar-refractivity contribution in [1.82, 2.24) is 0 Å². The molecule has 3 aromatic carbocycles. The summed E-state index contributed by atoms with van der Waals surface area (Å²) in [6.45, 7) is 2.67. The number of amides is 1. The highest BCUT2D eigenvalue weighted by Crippen LogP contribution is 2.37. The number of carbonyl (C=O) groups excluding carboxylic acids is 1. The molecule has 0 bridgehead atoms. The van der Waals surface area contributed by atoms with Crippen LogP contribution in [0.15, 0.2) is 59.8 Å². The minimum atomic E-state index is -4.16. The average molecular weight is 621 g/mol. The van der Waals surface area contributed by atoms with Crippen LogP contribution in [0.3, 0.4) is 0 Å². The normalized spacial score (nSPS) is 11.6. The largest absolute Gasteiger partial charge is 0.487 e. The number of ether oxygens (including phenoxy) is 2. The quantitative estimate of drug-likeness (QED) is 0.0638. The fourth-order valence-corrected chi connectivity index (χ4v) is 4.30. The molecule has 0 aliphatic heterocycles. The maximum Gasteiger partial charge on any atom is 0.341 e. The van der Waals surface area contributed by atoms with E-state index in [1.54, 1.807) is 50.2 Å². The van der Waals surface area contributed by atoms with Crippen molar-refractivity contribution in [2.45, 2.75) is 26.5 Å².